The lowest BCUT2D eigenvalue weighted by atomic mass is 10.1. The van der Waals surface area contributed by atoms with Crippen LogP contribution in [0.4, 0.5) is 0 Å². The number of aliphatic hydroxyl groups is 1. The van der Waals surface area contributed by atoms with Crippen LogP contribution in [0.2, 0.25) is 0 Å². The Balaban J connectivity index is 2.37. The number of unbranched alkanes of at least 4 members (excludes halogenated alkanes) is 1. The highest BCUT2D eigenvalue weighted by Gasteiger charge is 2.12. The van der Waals surface area contributed by atoms with Gasteiger partial charge in [0.05, 0.1) is 18.4 Å². The Labute approximate surface area is 113 Å². The van der Waals surface area contributed by atoms with E-state index in [1.54, 1.807) is 11.8 Å². The van der Waals surface area contributed by atoms with Gasteiger partial charge >= 0.3 is 0 Å². The normalized spacial score (nSPS) is 12.1. The molecular weight excluding hydrogens is 246 g/mol. The van der Waals surface area contributed by atoms with Gasteiger partial charge < -0.3 is 10.4 Å². The fourth-order valence-corrected chi connectivity index (χ4v) is 2.47. The predicted molar refractivity (Wildman–Crippen MR) is 76.6 cm³/mol. The Morgan fingerprint density at radius 2 is 2.11 bits per heavy atom. The van der Waals surface area contributed by atoms with Crippen LogP contribution < -0.4 is 5.32 Å². The van der Waals surface area contributed by atoms with E-state index in [0.717, 1.165) is 24.2 Å². The van der Waals surface area contributed by atoms with E-state index in [2.05, 4.69) is 12.2 Å². The van der Waals surface area contributed by atoms with Crippen molar-refractivity contribution in [3.63, 3.8) is 0 Å². The smallest absolute Gasteiger partial charge is 0.230 e. The Bertz CT molecular complexity index is 343. The van der Waals surface area contributed by atoms with E-state index in [0.29, 0.717) is 5.75 Å². The minimum Gasteiger partial charge on any atom is -0.394 e. The largest absolute Gasteiger partial charge is 0.394 e. The van der Waals surface area contributed by atoms with Gasteiger partial charge in [0.2, 0.25) is 5.91 Å². The Morgan fingerprint density at radius 1 is 1.39 bits per heavy atom. The molecule has 0 bridgehead atoms. The second-order valence-electron chi connectivity index (χ2n) is 4.12. The predicted octanol–water partition coefficient (Wildman–Crippen LogP) is 2.37. The van der Waals surface area contributed by atoms with Gasteiger partial charge in [0.15, 0.2) is 0 Å². The van der Waals surface area contributed by atoms with Crippen molar-refractivity contribution in [2.75, 3.05) is 18.1 Å². The summed E-state index contributed by atoms with van der Waals surface area (Å²) in [5.74, 6) is 1.46. The van der Waals surface area contributed by atoms with Crippen LogP contribution in [-0.4, -0.2) is 29.1 Å². The highest BCUT2D eigenvalue weighted by Crippen LogP contribution is 2.12. The summed E-state index contributed by atoms with van der Waals surface area (Å²) in [6.07, 6.45) is 2.29. The average molecular weight is 267 g/mol. The summed E-state index contributed by atoms with van der Waals surface area (Å²) in [6, 6.07) is 9.24. The number of aliphatic hydroxyl groups excluding tert-OH is 1. The third-order valence-electron chi connectivity index (χ3n) is 2.60. The fourth-order valence-electron chi connectivity index (χ4n) is 1.57. The topological polar surface area (TPSA) is 49.3 Å². The number of hydrogen-bond donors (Lipinski definition) is 2. The van der Waals surface area contributed by atoms with E-state index in [1.165, 1.54) is 0 Å². The van der Waals surface area contributed by atoms with Crippen molar-refractivity contribution >= 4 is 17.7 Å². The lowest BCUT2D eigenvalue weighted by molar-refractivity contribution is -0.119. The van der Waals surface area contributed by atoms with Crippen LogP contribution in [0.3, 0.4) is 0 Å². The van der Waals surface area contributed by atoms with Gasteiger partial charge in [-0.05, 0) is 17.7 Å². The maximum Gasteiger partial charge on any atom is 0.230 e. The van der Waals surface area contributed by atoms with E-state index in [4.69, 9.17) is 0 Å². The van der Waals surface area contributed by atoms with E-state index in [-0.39, 0.29) is 18.6 Å². The van der Waals surface area contributed by atoms with Gasteiger partial charge in [-0.15, -0.1) is 0 Å². The molecule has 0 heterocycles. The number of carbonyl (C=O) groups excluding carboxylic acids is 1. The molecule has 4 heteroatoms. The summed E-state index contributed by atoms with van der Waals surface area (Å²) in [6.45, 7) is 2.06. The molecule has 1 amide bonds. The van der Waals surface area contributed by atoms with Crippen molar-refractivity contribution in [2.24, 2.45) is 0 Å². The first-order valence-electron chi connectivity index (χ1n) is 6.30. The van der Waals surface area contributed by atoms with E-state index < -0.39 is 0 Å². The number of carbonyl (C=O) groups is 1. The lowest BCUT2D eigenvalue weighted by Crippen LogP contribution is -2.32. The molecule has 0 fully saturated rings. The minimum absolute atomic E-state index is 0.0148. The zero-order valence-electron chi connectivity index (χ0n) is 10.8. The van der Waals surface area contributed by atoms with Crippen LogP contribution in [0.25, 0.3) is 0 Å². The minimum atomic E-state index is -0.300. The zero-order valence-corrected chi connectivity index (χ0v) is 11.6. The zero-order chi connectivity index (χ0) is 13.2. The first-order valence-corrected chi connectivity index (χ1v) is 7.46. The van der Waals surface area contributed by atoms with Crippen LogP contribution in [0.1, 0.15) is 31.4 Å². The molecule has 18 heavy (non-hydrogen) atoms. The molecule has 1 aromatic carbocycles. The summed E-state index contributed by atoms with van der Waals surface area (Å²) in [5, 5.41) is 12.2. The van der Waals surface area contributed by atoms with Crippen LogP contribution in [0.15, 0.2) is 30.3 Å². The van der Waals surface area contributed by atoms with Crippen molar-refractivity contribution in [2.45, 2.75) is 25.8 Å². The SMILES string of the molecule is CCCCSCC(=O)N[C@H](CO)c1ccccc1. The second kappa shape index (κ2) is 9.00. The van der Waals surface area contributed by atoms with Crippen molar-refractivity contribution in [1.82, 2.24) is 5.32 Å². The second-order valence-corrected chi connectivity index (χ2v) is 5.22. The third-order valence-corrected chi connectivity index (χ3v) is 3.64. The summed E-state index contributed by atoms with van der Waals surface area (Å²) in [4.78, 5) is 11.7. The first kappa shape index (κ1) is 15.1. The molecule has 0 unspecified atom stereocenters. The molecule has 1 atom stereocenters. The van der Waals surface area contributed by atoms with E-state index in [9.17, 15) is 9.90 Å². The molecule has 0 saturated carbocycles. The van der Waals surface area contributed by atoms with Crippen molar-refractivity contribution in [3.05, 3.63) is 35.9 Å². The Kier molecular flexibility index (Phi) is 7.53. The van der Waals surface area contributed by atoms with Crippen LogP contribution in [0.5, 0.6) is 0 Å². The number of hydrogen-bond acceptors (Lipinski definition) is 3. The molecule has 0 spiro atoms. The molecule has 3 nitrogen and oxygen atoms in total. The summed E-state index contributed by atoms with van der Waals surface area (Å²) < 4.78 is 0. The van der Waals surface area contributed by atoms with Gasteiger partial charge in [0.1, 0.15) is 0 Å². The van der Waals surface area contributed by atoms with E-state index >= 15 is 0 Å². The number of thioether (sulfide) groups is 1. The highest BCUT2D eigenvalue weighted by atomic mass is 32.2. The standard InChI is InChI=1S/C14H21NO2S/c1-2-3-9-18-11-14(17)15-13(10-16)12-7-5-4-6-8-12/h4-8,13,16H,2-3,9-11H2,1H3,(H,15,17)/t13-/m1/s1. The molecule has 0 saturated heterocycles. The number of rotatable bonds is 8. The quantitative estimate of drug-likeness (QED) is 0.711. The molecule has 0 aliphatic rings. The van der Waals surface area contributed by atoms with Gasteiger partial charge in [0, 0.05) is 0 Å². The molecule has 100 valence electrons. The van der Waals surface area contributed by atoms with Gasteiger partial charge in [-0.2, -0.15) is 11.8 Å². The molecule has 0 radical (unpaired) electrons. The third kappa shape index (κ3) is 5.56. The molecule has 1 aromatic rings. The van der Waals surface area contributed by atoms with Crippen LogP contribution in [0, 0.1) is 0 Å². The molecule has 2 N–H and O–H groups in total. The number of benzene rings is 1. The van der Waals surface area contributed by atoms with Gasteiger partial charge in [-0.3, -0.25) is 4.79 Å². The first-order chi connectivity index (χ1) is 8.77. The van der Waals surface area contributed by atoms with Gasteiger partial charge in [0.25, 0.3) is 0 Å². The van der Waals surface area contributed by atoms with Crippen LogP contribution >= 0.6 is 11.8 Å². The highest BCUT2D eigenvalue weighted by molar-refractivity contribution is 7.99. The average Bonchev–Trinajstić information content (AvgIpc) is 2.42. The number of nitrogens with one attached hydrogen (secondary N) is 1. The van der Waals surface area contributed by atoms with Gasteiger partial charge in [-0.25, -0.2) is 0 Å². The van der Waals surface area contributed by atoms with Crippen molar-refractivity contribution in [1.29, 1.82) is 0 Å². The summed E-state index contributed by atoms with van der Waals surface area (Å²) in [7, 11) is 0. The molecule has 0 aromatic heterocycles. The van der Waals surface area contributed by atoms with Crippen molar-refractivity contribution < 1.29 is 9.90 Å². The van der Waals surface area contributed by atoms with Crippen molar-refractivity contribution in [3.8, 4) is 0 Å². The Morgan fingerprint density at radius 3 is 2.72 bits per heavy atom. The molecule has 0 aliphatic carbocycles. The van der Waals surface area contributed by atoms with E-state index in [1.807, 2.05) is 30.3 Å². The molecule has 1 rings (SSSR count). The fraction of sp³-hybridized carbons (Fsp3) is 0.500. The summed E-state index contributed by atoms with van der Waals surface area (Å²) in [5.41, 5.74) is 0.937. The monoisotopic (exact) mass is 267 g/mol. The maximum absolute atomic E-state index is 11.7. The lowest BCUT2D eigenvalue weighted by Gasteiger charge is -2.16. The summed E-state index contributed by atoms with van der Waals surface area (Å²) >= 11 is 1.64. The van der Waals surface area contributed by atoms with Crippen LogP contribution in [-0.2, 0) is 4.79 Å². The number of amides is 1. The Hall–Kier alpha value is -1.00. The van der Waals surface area contributed by atoms with Gasteiger partial charge in [-0.1, -0.05) is 43.7 Å². The molecule has 0 aliphatic heterocycles. The maximum atomic E-state index is 11.7. The molecular formula is C14H21NO2S.